The molecule has 0 bridgehead atoms. The fourth-order valence-electron chi connectivity index (χ4n) is 4.65. The summed E-state index contributed by atoms with van der Waals surface area (Å²) in [7, 11) is 3.00. The summed E-state index contributed by atoms with van der Waals surface area (Å²) in [5.41, 5.74) is -0.642. The van der Waals surface area contributed by atoms with Crippen LogP contribution in [0.5, 0.6) is 0 Å². The molecule has 0 aromatic heterocycles. The van der Waals surface area contributed by atoms with Crippen LogP contribution in [0, 0.1) is 23.7 Å². The molecule has 5 atom stereocenters. The molecule has 7 heteroatoms. The molecule has 1 rings (SSSR count). The van der Waals surface area contributed by atoms with Gasteiger partial charge in [-0.15, -0.1) is 0 Å². The van der Waals surface area contributed by atoms with Gasteiger partial charge in [-0.3, -0.25) is 4.79 Å². The van der Waals surface area contributed by atoms with Crippen LogP contribution < -0.4 is 0 Å². The second-order valence-electron chi connectivity index (χ2n) is 9.14. The molecule has 0 N–H and O–H groups in total. The number of ether oxygens (including phenoxy) is 3. The Morgan fingerprint density at radius 1 is 1.20 bits per heavy atom. The van der Waals surface area contributed by atoms with Gasteiger partial charge in [0.1, 0.15) is 11.7 Å². The average molecular weight is 426 g/mol. The number of amides is 1. The third kappa shape index (κ3) is 6.22. The number of methoxy groups -OCH3 is 1. The van der Waals surface area contributed by atoms with Crippen molar-refractivity contribution in [2.24, 2.45) is 23.7 Å². The standard InChI is InChI=1S/C23H39NO6/c1-10-15(11-2)14(4)19-17(24(8)22(27)30-23(5,6)7)13-16(21(26)28-9)20(19)29-18(25)12-3/h12,14-17,19-20H,3,10-11,13H2,1-2,4-9H3/t14-,16-,17+,19-,20+/m0/s1. The Kier molecular flexibility index (Phi) is 9.37. The highest BCUT2D eigenvalue weighted by Crippen LogP contribution is 2.45. The first-order valence-corrected chi connectivity index (χ1v) is 10.8. The van der Waals surface area contributed by atoms with E-state index in [1.807, 2.05) is 20.8 Å². The van der Waals surface area contributed by atoms with Crippen LogP contribution in [0.2, 0.25) is 0 Å². The molecule has 1 aliphatic rings. The van der Waals surface area contributed by atoms with Crippen LogP contribution in [0.4, 0.5) is 4.79 Å². The van der Waals surface area contributed by atoms with Gasteiger partial charge in [-0.05, 0) is 39.0 Å². The molecule has 0 saturated heterocycles. The van der Waals surface area contributed by atoms with E-state index in [0.29, 0.717) is 12.3 Å². The molecule has 0 aliphatic heterocycles. The fourth-order valence-corrected chi connectivity index (χ4v) is 4.65. The molecule has 1 saturated carbocycles. The van der Waals surface area contributed by atoms with Crippen molar-refractivity contribution in [3.05, 3.63) is 12.7 Å². The maximum atomic E-state index is 12.8. The van der Waals surface area contributed by atoms with Crippen molar-refractivity contribution in [2.75, 3.05) is 14.2 Å². The smallest absolute Gasteiger partial charge is 0.410 e. The SMILES string of the molecule is C=CC(=O)O[C@H]1[C@@H]([C@@H](C)C(CC)CC)[C@H](N(C)C(=O)OC(C)(C)C)C[C@@H]1C(=O)OC. The lowest BCUT2D eigenvalue weighted by atomic mass is 9.76. The van der Waals surface area contributed by atoms with E-state index in [2.05, 4.69) is 27.4 Å². The fraction of sp³-hybridized carbons (Fsp3) is 0.783. The van der Waals surface area contributed by atoms with Crippen molar-refractivity contribution in [2.45, 2.75) is 78.6 Å². The summed E-state index contributed by atoms with van der Waals surface area (Å²) >= 11 is 0. The summed E-state index contributed by atoms with van der Waals surface area (Å²) in [5, 5.41) is 0. The molecule has 0 spiro atoms. The monoisotopic (exact) mass is 425 g/mol. The van der Waals surface area contributed by atoms with Crippen molar-refractivity contribution in [1.29, 1.82) is 0 Å². The van der Waals surface area contributed by atoms with Crippen molar-refractivity contribution >= 4 is 18.0 Å². The lowest BCUT2D eigenvalue weighted by molar-refractivity contribution is -0.158. The number of carbonyl (C=O) groups is 3. The van der Waals surface area contributed by atoms with Gasteiger partial charge in [0.25, 0.3) is 0 Å². The zero-order chi connectivity index (χ0) is 23.2. The van der Waals surface area contributed by atoms with Crippen molar-refractivity contribution in [3.63, 3.8) is 0 Å². The first-order valence-electron chi connectivity index (χ1n) is 10.8. The van der Waals surface area contributed by atoms with E-state index in [1.54, 1.807) is 11.9 Å². The minimum absolute atomic E-state index is 0.104. The van der Waals surface area contributed by atoms with Gasteiger partial charge in [-0.1, -0.05) is 40.2 Å². The molecule has 0 aromatic carbocycles. The Morgan fingerprint density at radius 3 is 2.20 bits per heavy atom. The predicted octanol–water partition coefficient (Wildman–Crippen LogP) is 4.20. The van der Waals surface area contributed by atoms with Crippen LogP contribution in [0.15, 0.2) is 12.7 Å². The second-order valence-corrected chi connectivity index (χ2v) is 9.14. The molecule has 172 valence electrons. The molecule has 1 fully saturated rings. The largest absolute Gasteiger partial charge is 0.469 e. The molecular formula is C23H39NO6. The van der Waals surface area contributed by atoms with Crippen LogP contribution >= 0.6 is 0 Å². The first kappa shape index (κ1) is 26.0. The Bertz CT molecular complexity index is 622. The van der Waals surface area contributed by atoms with Crippen molar-refractivity contribution < 1.29 is 28.6 Å². The zero-order valence-corrected chi connectivity index (χ0v) is 19.8. The molecule has 30 heavy (non-hydrogen) atoms. The molecule has 0 aromatic rings. The summed E-state index contributed by atoms with van der Waals surface area (Å²) in [4.78, 5) is 39.0. The second kappa shape index (κ2) is 10.8. The summed E-state index contributed by atoms with van der Waals surface area (Å²) in [6, 6.07) is -0.331. The minimum Gasteiger partial charge on any atom is -0.469 e. The highest BCUT2D eigenvalue weighted by Gasteiger charge is 2.54. The van der Waals surface area contributed by atoms with Gasteiger partial charge in [-0.25, -0.2) is 9.59 Å². The first-order chi connectivity index (χ1) is 13.9. The average Bonchev–Trinajstić information content (AvgIpc) is 3.04. The Morgan fingerprint density at radius 2 is 1.77 bits per heavy atom. The van der Waals surface area contributed by atoms with Gasteiger partial charge in [-0.2, -0.15) is 0 Å². The van der Waals surface area contributed by atoms with E-state index < -0.39 is 35.7 Å². The van der Waals surface area contributed by atoms with Gasteiger partial charge >= 0.3 is 18.0 Å². The van der Waals surface area contributed by atoms with Crippen LogP contribution in [-0.4, -0.2) is 54.8 Å². The molecule has 1 amide bonds. The van der Waals surface area contributed by atoms with Gasteiger partial charge in [0.2, 0.25) is 0 Å². The van der Waals surface area contributed by atoms with Crippen LogP contribution in [-0.2, 0) is 23.8 Å². The summed E-state index contributed by atoms with van der Waals surface area (Å²) < 4.78 is 16.3. The summed E-state index contributed by atoms with van der Waals surface area (Å²) in [5.74, 6) is -1.47. The van der Waals surface area contributed by atoms with Gasteiger partial charge < -0.3 is 19.1 Å². The quantitative estimate of drug-likeness (QED) is 0.329. The van der Waals surface area contributed by atoms with E-state index in [9.17, 15) is 14.4 Å². The lowest BCUT2D eigenvalue weighted by Crippen LogP contribution is -2.47. The molecular weight excluding hydrogens is 386 g/mol. The Labute approximate surface area is 181 Å². The normalized spacial score (nSPS) is 24.8. The number of carbonyl (C=O) groups excluding carboxylic acids is 3. The predicted molar refractivity (Wildman–Crippen MR) is 115 cm³/mol. The topological polar surface area (TPSA) is 82.1 Å². The molecule has 7 nitrogen and oxygen atoms in total. The highest BCUT2D eigenvalue weighted by atomic mass is 16.6. The third-order valence-electron chi connectivity index (χ3n) is 6.22. The van der Waals surface area contributed by atoms with Crippen LogP contribution in [0.3, 0.4) is 0 Å². The van der Waals surface area contributed by atoms with Gasteiger partial charge in [0.15, 0.2) is 0 Å². The van der Waals surface area contributed by atoms with E-state index >= 15 is 0 Å². The number of nitrogens with zero attached hydrogens (tertiary/aromatic N) is 1. The number of esters is 2. The number of hydrogen-bond acceptors (Lipinski definition) is 6. The van der Waals surface area contributed by atoms with Crippen LogP contribution in [0.25, 0.3) is 0 Å². The van der Waals surface area contributed by atoms with Crippen molar-refractivity contribution in [1.82, 2.24) is 4.90 Å². The molecule has 1 aliphatic carbocycles. The van der Waals surface area contributed by atoms with Gasteiger partial charge in [0, 0.05) is 25.1 Å². The maximum absolute atomic E-state index is 12.8. The summed E-state index contributed by atoms with van der Waals surface area (Å²) in [6.07, 6.45) is 2.16. The van der Waals surface area contributed by atoms with E-state index in [4.69, 9.17) is 14.2 Å². The minimum atomic E-state index is -0.701. The highest BCUT2D eigenvalue weighted by molar-refractivity contribution is 5.82. The van der Waals surface area contributed by atoms with Crippen molar-refractivity contribution in [3.8, 4) is 0 Å². The number of hydrogen-bond donors (Lipinski definition) is 0. The van der Waals surface area contributed by atoms with E-state index in [1.165, 1.54) is 7.11 Å². The summed E-state index contributed by atoms with van der Waals surface area (Å²) in [6.45, 7) is 15.2. The van der Waals surface area contributed by atoms with Crippen LogP contribution in [0.1, 0.15) is 60.8 Å². The zero-order valence-electron chi connectivity index (χ0n) is 19.8. The Hall–Kier alpha value is -2.05. The molecule has 0 unspecified atom stereocenters. The van der Waals surface area contributed by atoms with Gasteiger partial charge in [0.05, 0.1) is 13.0 Å². The molecule has 0 heterocycles. The lowest BCUT2D eigenvalue weighted by Gasteiger charge is -2.38. The third-order valence-corrected chi connectivity index (χ3v) is 6.22. The molecule has 0 radical (unpaired) electrons. The van der Waals surface area contributed by atoms with E-state index in [-0.39, 0.29) is 17.9 Å². The number of rotatable bonds is 8. The Balaban J connectivity index is 3.39. The van der Waals surface area contributed by atoms with E-state index in [0.717, 1.165) is 18.9 Å². The maximum Gasteiger partial charge on any atom is 0.410 e.